The van der Waals surface area contributed by atoms with Crippen LogP contribution in [0.1, 0.15) is 35.8 Å². The number of piperidine rings is 1. The van der Waals surface area contributed by atoms with Gasteiger partial charge in [-0.25, -0.2) is 19.3 Å². The average Bonchev–Trinajstić information content (AvgIpc) is 3.16. The molecule has 0 atom stereocenters. The fourth-order valence-electron chi connectivity index (χ4n) is 4.35. The van der Waals surface area contributed by atoms with Gasteiger partial charge in [-0.05, 0) is 60.1 Å². The van der Waals surface area contributed by atoms with Gasteiger partial charge in [0.1, 0.15) is 34.1 Å². The number of likely N-dealkylation sites (tertiary alicyclic amines) is 1. The van der Waals surface area contributed by atoms with Gasteiger partial charge in [-0.15, -0.1) is 0 Å². The van der Waals surface area contributed by atoms with E-state index in [1.54, 1.807) is 30.7 Å². The smallest absolute Gasteiger partial charge is 0.236 e. The lowest BCUT2D eigenvalue weighted by atomic mass is 9.93. The summed E-state index contributed by atoms with van der Waals surface area (Å²) >= 11 is 9.34. The summed E-state index contributed by atoms with van der Waals surface area (Å²) in [6.45, 7) is 2.67. The summed E-state index contributed by atoms with van der Waals surface area (Å²) in [6, 6.07) is 6.54. The molecule has 1 aromatic carbocycles. The Morgan fingerprint density at radius 1 is 1.12 bits per heavy atom. The highest BCUT2D eigenvalue weighted by molar-refractivity contribution is 9.10. The van der Waals surface area contributed by atoms with Crippen molar-refractivity contribution in [2.75, 3.05) is 13.1 Å². The van der Waals surface area contributed by atoms with E-state index >= 15 is 0 Å². The Hall–Kier alpha value is -2.62. The second kappa shape index (κ2) is 9.93. The first-order chi connectivity index (χ1) is 16.5. The lowest BCUT2D eigenvalue weighted by molar-refractivity contribution is 0.193. The van der Waals surface area contributed by atoms with E-state index in [0.29, 0.717) is 16.5 Å². The molecule has 0 radical (unpaired) electrons. The Bertz CT molecular complexity index is 1320. The van der Waals surface area contributed by atoms with E-state index < -0.39 is 5.82 Å². The molecule has 10 heteroatoms. The van der Waals surface area contributed by atoms with Gasteiger partial charge >= 0.3 is 0 Å². The molecule has 0 saturated carbocycles. The van der Waals surface area contributed by atoms with E-state index in [1.807, 2.05) is 13.1 Å². The van der Waals surface area contributed by atoms with Gasteiger partial charge in [-0.1, -0.05) is 17.7 Å². The van der Waals surface area contributed by atoms with Crippen LogP contribution in [0.15, 0.2) is 47.5 Å². The third-order valence-electron chi connectivity index (χ3n) is 6.26. The summed E-state index contributed by atoms with van der Waals surface area (Å²) < 4.78 is 22.9. The van der Waals surface area contributed by atoms with Crippen molar-refractivity contribution in [1.29, 1.82) is 0 Å². The SMILES string of the molecule is Cn1c(CN2CCC(c3nccnc3OCc3ccc(Cl)cc3F)CC2)nc2c(Br)nccc21. The lowest BCUT2D eigenvalue weighted by Gasteiger charge is -2.31. The summed E-state index contributed by atoms with van der Waals surface area (Å²) in [7, 11) is 2.04. The van der Waals surface area contributed by atoms with E-state index in [4.69, 9.17) is 21.3 Å². The predicted molar refractivity (Wildman–Crippen MR) is 131 cm³/mol. The molecule has 4 aromatic rings. The predicted octanol–water partition coefficient (Wildman–Crippen LogP) is 5.27. The van der Waals surface area contributed by atoms with Gasteiger partial charge < -0.3 is 9.30 Å². The van der Waals surface area contributed by atoms with Gasteiger partial charge in [0, 0.05) is 42.1 Å². The number of imidazole rings is 1. The third kappa shape index (κ3) is 4.78. The molecule has 0 aliphatic carbocycles. The normalized spacial score (nSPS) is 15.2. The first kappa shape index (κ1) is 23.1. The van der Waals surface area contributed by atoms with Crippen molar-refractivity contribution in [1.82, 2.24) is 29.4 Å². The Morgan fingerprint density at radius 2 is 1.91 bits per heavy atom. The van der Waals surface area contributed by atoms with Gasteiger partial charge in [0.2, 0.25) is 5.88 Å². The Kier molecular flexibility index (Phi) is 6.76. The number of pyridine rings is 1. The van der Waals surface area contributed by atoms with E-state index in [1.165, 1.54) is 6.07 Å². The molecule has 1 aliphatic heterocycles. The molecule has 176 valence electrons. The van der Waals surface area contributed by atoms with Crippen molar-refractivity contribution in [2.24, 2.45) is 7.05 Å². The largest absolute Gasteiger partial charge is 0.471 e. The summed E-state index contributed by atoms with van der Waals surface area (Å²) in [5.41, 5.74) is 3.20. The van der Waals surface area contributed by atoms with Crippen LogP contribution in [0.5, 0.6) is 5.88 Å². The Labute approximate surface area is 210 Å². The van der Waals surface area contributed by atoms with Crippen molar-refractivity contribution in [2.45, 2.75) is 31.9 Å². The van der Waals surface area contributed by atoms with Crippen LogP contribution in [0.4, 0.5) is 4.39 Å². The molecule has 0 bridgehead atoms. The van der Waals surface area contributed by atoms with Gasteiger partial charge in [0.25, 0.3) is 0 Å². The van der Waals surface area contributed by atoms with Crippen molar-refractivity contribution in [3.05, 3.63) is 75.4 Å². The zero-order valence-electron chi connectivity index (χ0n) is 18.6. The fraction of sp³-hybridized carbons (Fsp3) is 0.333. The molecule has 0 amide bonds. The molecule has 0 unspecified atom stereocenters. The maximum absolute atomic E-state index is 14.1. The van der Waals surface area contributed by atoms with Gasteiger partial charge in [-0.3, -0.25) is 9.88 Å². The molecule has 0 N–H and O–H groups in total. The number of benzene rings is 1. The van der Waals surface area contributed by atoms with Crippen LogP contribution in [0.2, 0.25) is 5.02 Å². The number of hydrogen-bond acceptors (Lipinski definition) is 6. The van der Waals surface area contributed by atoms with Gasteiger partial charge in [-0.2, -0.15) is 0 Å². The van der Waals surface area contributed by atoms with Gasteiger partial charge in [0.05, 0.1) is 12.1 Å². The lowest BCUT2D eigenvalue weighted by Crippen LogP contribution is -2.33. The molecule has 0 spiro atoms. The first-order valence-corrected chi connectivity index (χ1v) is 12.2. The average molecular weight is 546 g/mol. The molecule has 7 nitrogen and oxygen atoms in total. The summed E-state index contributed by atoms with van der Waals surface area (Å²) in [4.78, 5) is 20.4. The molecular weight excluding hydrogens is 523 g/mol. The highest BCUT2D eigenvalue weighted by Gasteiger charge is 2.26. The van der Waals surface area contributed by atoms with Crippen molar-refractivity contribution in [3.63, 3.8) is 0 Å². The van der Waals surface area contributed by atoms with Crippen LogP contribution in [0, 0.1) is 5.82 Å². The quantitative estimate of drug-likeness (QED) is 0.308. The standard InChI is InChI=1S/C24H23BrClFN6O/c1-32-19-4-7-29-23(25)22(19)31-20(32)13-33-10-5-15(6-11-33)21-24(30-9-8-28-21)34-14-16-2-3-17(26)12-18(16)27/h2-4,7-9,12,15H,5-6,10-11,13-14H2,1H3. The third-order valence-corrected chi connectivity index (χ3v) is 7.07. The number of halogens is 3. The summed E-state index contributed by atoms with van der Waals surface area (Å²) in [5.74, 6) is 1.31. The molecule has 1 fully saturated rings. The van der Waals surface area contributed by atoms with Crippen LogP contribution in [-0.2, 0) is 20.2 Å². The molecular formula is C24H23BrClFN6O. The van der Waals surface area contributed by atoms with Crippen LogP contribution in [0.25, 0.3) is 11.0 Å². The van der Waals surface area contributed by atoms with E-state index in [2.05, 4.69) is 40.3 Å². The number of nitrogens with zero attached hydrogens (tertiary/aromatic N) is 6. The molecule has 1 saturated heterocycles. The Morgan fingerprint density at radius 3 is 2.68 bits per heavy atom. The second-order valence-corrected chi connectivity index (χ2v) is 9.57. The maximum atomic E-state index is 14.1. The minimum Gasteiger partial charge on any atom is -0.471 e. The van der Waals surface area contributed by atoms with Crippen molar-refractivity contribution < 1.29 is 9.13 Å². The monoisotopic (exact) mass is 544 g/mol. The summed E-state index contributed by atoms with van der Waals surface area (Å²) in [5, 5.41) is 0.358. The van der Waals surface area contributed by atoms with E-state index in [0.717, 1.165) is 59.6 Å². The minimum atomic E-state index is -0.393. The number of ether oxygens (including phenoxy) is 1. The Balaban J connectivity index is 1.24. The highest BCUT2D eigenvalue weighted by atomic mass is 79.9. The number of fused-ring (bicyclic) bond motifs is 1. The van der Waals surface area contributed by atoms with E-state index in [9.17, 15) is 4.39 Å². The molecule has 1 aliphatic rings. The highest BCUT2D eigenvalue weighted by Crippen LogP contribution is 2.32. The summed E-state index contributed by atoms with van der Waals surface area (Å²) in [6.07, 6.45) is 6.93. The fourth-order valence-corrected chi connectivity index (χ4v) is 4.92. The van der Waals surface area contributed by atoms with Crippen LogP contribution in [-0.4, -0.2) is 42.5 Å². The number of aromatic nitrogens is 5. The van der Waals surface area contributed by atoms with Crippen molar-refractivity contribution in [3.8, 4) is 5.88 Å². The topological polar surface area (TPSA) is 69.0 Å². The maximum Gasteiger partial charge on any atom is 0.236 e. The molecule has 3 aromatic heterocycles. The molecule has 5 rings (SSSR count). The van der Waals surface area contributed by atoms with Crippen molar-refractivity contribution >= 4 is 38.6 Å². The minimum absolute atomic E-state index is 0.0741. The number of aryl methyl sites for hydroxylation is 1. The molecule has 34 heavy (non-hydrogen) atoms. The first-order valence-electron chi connectivity index (χ1n) is 11.1. The van der Waals surface area contributed by atoms with E-state index in [-0.39, 0.29) is 12.5 Å². The van der Waals surface area contributed by atoms with Gasteiger partial charge in [0.15, 0.2) is 0 Å². The number of hydrogen-bond donors (Lipinski definition) is 0. The number of rotatable bonds is 6. The van der Waals surface area contributed by atoms with Crippen LogP contribution < -0.4 is 4.74 Å². The second-order valence-electron chi connectivity index (χ2n) is 8.38. The molecule has 4 heterocycles. The van der Waals surface area contributed by atoms with Crippen LogP contribution in [0.3, 0.4) is 0 Å². The zero-order chi connectivity index (χ0) is 23.7. The zero-order valence-corrected chi connectivity index (χ0v) is 20.9. The van der Waals surface area contributed by atoms with Crippen LogP contribution >= 0.6 is 27.5 Å².